The van der Waals surface area contributed by atoms with E-state index in [2.05, 4.69) is 16.1 Å². The zero-order valence-electron chi connectivity index (χ0n) is 11.4. The molecular weight excluding hydrogens is 232 g/mol. The number of esters is 2. The first-order chi connectivity index (χ1) is 8.52. The molecule has 0 spiro atoms. The summed E-state index contributed by atoms with van der Waals surface area (Å²) in [6.45, 7) is 5.17. The second-order valence-corrected chi connectivity index (χ2v) is 4.20. The lowest BCUT2D eigenvalue weighted by Crippen LogP contribution is -2.38. The maximum atomic E-state index is 11.6. The van der Waals surface area contributed by atoms with Gasteiger partial charge in [0, 0.05) is 0 Å². The molecule has 0 aromatic carbocycles. The number of allylic oxidation sites excluding steroid dienone is 3. The van der Waals surface area contributed by atoms with Gasteiger partial charge < -0.3 is 9.47 Å². The van der Waals surface area contributed by atoms with E-state index < -0.39 is 17.4 Å². The van der Waals surface area contributed by atoms with E-state index in [9.17, 15) is 9.59 Å². The lowest BCUT2D eigenvalue weighted by molar-refractivity contribution is -0.168. The topological polar surface area (TPSA) is 52.6 Å². The average Bonchev–Trinajstić information content (AvgIpc) is 2.40. The summed E-state index contributed by atoms with van der Waals surface area (Å²) in [5.41, 5.74) is -1.21. The van der Waals surface area contributed by atoms with Crippen LogP contribution in [0.15, 0.2) is 24.8 Å². The molecular formula is C14H22O4. The summed E-state index contributed by atoms with van der Waals surface area (Å²) in [5.74, 6) is -1.10. The fourth-order valence-corrected chi connectivity index (χ4v) is 1.62. The Morgan fingerprint density at radius 2 is 1.72 bits per heavy atom. The van der Waals surface area contributed by atoms with Gasteiger partial charge in [0.1, 0.15) is 0 Å². The molecule has 0 amide bonds. The molecule has 0 bridgehead atoms. The molecule has 0 aromatic rings. The monoisotopic (exact) mass is 254 g/mol. The number of hydrogen-bond donors (Lipinski definition) is 0. The molecule has 0 unspecified atom stereocenters. The molecule has 4 heteroatoms. The summed E-state index contributed by atoms with van der Waals surface area (Å²) < 4.78 is 9.33. The Morgan fingerprint density at radius 3 is 2.17 bits per heavy atom. The Hall–Kier alpha value is -1.58. The molecule has 4 nitrogen and oxygen atoms in total. The van der Waals surface area contributed by atoms with Crippen molar-refractivity contribution in [3.63, 3.8) is 0 Å². The van der Waals surface area contributed by atoms with Crippen molar-refractivity contribution >= 4 is 11.9 Å². The second-order valence-electron chi connectivity index (χ2n) is 4.20. The SMILES string of the molecule is C=CCC=CCCCC(C)(C(=O)OC)C(=O)OC. The maximum Gasteiger partial charge on any atom is 0.322 e. The van der Waals surface area contributed by atoms with Gasteiger partial charge in [-0.05, 0) is 32.6 Å². The molecule has 0 aliphatic rings. The summed E-state index contributed by atoms with van der Waals surface area (Å²) in [6, 6.07) is 0. The number of ether oxygens (including phenoxy) is 2. The van der Waals surface area contributed by atoms with Crippen molar-refractivity contribution in [1.29, 1.82) is 0 Å². The van der Waals surface area contributed by atoms with E-state index in [0.29, 0.717) is 12.8 Å². The standard InChI is InChI=1S/C14H22O4/c1-5-6-7-8-9-10-11-14(2,12(15)17-3)13(16)18-4/h5,7-8H,1,6,9-11H2,2-4H3. The van der Waals surface area contributed by atoms with Crippen LogP contribution < -0.4 is 0 Å². The van der Waals surface area contributed by atoms with Gasteiger partial charge in [-0.2, -0.15) is 0 Å². The lowest BCUT2D eigenvalue weighted by Gasteiger charge is -2.23. The van der Waals surface area contributed by atoms with Gasteiger partial charge >= 0.3 is 11.9 Å². The van der Waals surface area contributed by atoms with Crippen LogP contribution in [0.25, 0.3) is 0 Å². The van der Waals surface area contributed by atoms with E-state index in [1.807, 2.05) is 18.2 Å². The quantitative estimate of drug-likeness (QED) is 0.289. The zero-order valence-corrected chi connectivity index (χ0v) is 11.4. The van der Waals surface area contributed by atoms with E-state index in [4.69, 9.17) is 0 Å². The van der Waals surface area contributed by atoms with Crippen LogP contribution in [0.4, 0.5) is 0 Å². The third kappa shape index (κ3) is 4.73. The number of rotatable bonds is 8. The molecule has 0 fully saturated rings. The first-order valence-electron chi connectivity index (χ1n) is 5.95. The molecule has 0 saturated carbocycles. The molecule has 102 valence electrons. The number of methoxy groups -OCH3 is 2. The summed E-state index contributed by atoms with van der Waals surface area (Å²) in [5, 5.41) is 0. The Bertz CT molecular complexity index is 302. The predicted octanol–water partition coefficient (Wildman–Crippen LogP) is 2.64. The highest BCUT2D eigenvalue weighted by atomic mass is 16.5. The highest BCUT2D eigenvalue weighted by Gasteiger charge is 2.42. The van der Waals surface area contributed by atoms with E-state index in [0.717, 1.165) is 12.8 Å². The van der Waals surface area contributed by atoms with Gasteiger partial charge in [0.25, 0.3) is 0 Å². The molecule has 0 saturated heterocycles. The van der Waals surface area contributed by atoms with Gasteiger partial charge in [0.15, 0.2) is 5.41 Å². The van der Waals surface area contributed by atoms with Gasteiger partial charge in [-0.25, -0.2) is 0 Å². The number of carbonyl (C=O) groups is 2. The third-order valence-corrected chi connectivity index (χ3v) is 2.79. The van der Waals surface area contributed by atoms with Crippen LogP contribution in [-0.2, 0) is 19.1 Å². The summed E-state index contributed by atoms with van der Waals surface area (Å²) >= 11 is 0. The lowest BCUT2D eigenvalue weighted by atomic mass is 9.85. The van der Waals surface area contributed by atoms with Gasteiger partial charge in [-0.3, -0.25) is 9.59 Å². The Kier molecular flexibility index (Phi) is 7.76. The fourth-order valence-electron chi connectivity index (χ4n) is 1.62. The van der Waals surface area contributed by atoms with Crippen LogP contribution in [0, 0.1) is 5.41 Å². The van der Waals surface area contributed by atoms with Crippen LogP contribution in [0.5, 0.6) is 0 Å². The van der Waals surface area contributed by atoms with Crippen LogP contribution in [-0.4, -0.2) is 26.2 Å². The number of carbonyl (C=O) groups excluding carboxylic acids is 2. The van der Waals surface area contributed by atoms with Crippen LogP contribution in [0.2, 0.25) is 0 Å². The molecule has 0 aliphatic carbocycles. The van der Waals surface area contributed by atoms with E-state index in [1.54, 1.807) is 6.92 Å². The van der Waals surface area contributed by atoms with E-state index in [-0.39, 0.29) is 0 Å². The van der Waals surface area contributed by atoms with Gasteiger partial charge in [-0.15, -0.1) is 6.58 Å². The molecule has 0 N–H and O–H groups in total. The molecule has 18 heavy (non-hydrogen) atoms. The zero-order chi connectivity index (χ0) is 14.0. The fraction of sp³-hybridized carbons (Fsp3) is 0.571. The smallest absolute Gasteiger partial charge is 0.322 e. The summed E-state index contributed by atoms with van der Waals surface area (Å²) in [4.78, 5) is 23.3. The largest absolute Gasteiger partial charge is 0.468 e. The highest BCUT2D eigenvalue weighted by Crippen LogP contribution is 2.27. The normalized spacial score (nSPS) is 11.3. The first-order valence-corrected chi connectivity index (χ1v) is 5.95. The molecule has 0 aliphatic heterocycles. The second kappa shape index (κ2) is 8.50. The minimum Gasteiger partial charge on any atom is -0.468 e. The van der Waals surface area contributed by atoms with Crippen LogP contribution in [0.1, 0.15) is 32.6 Å². The third-order valence-electron chi connectivity index (χ3n) is 2.79. The number of unbranched alkanes of at least 4 members (excludes halogenated alkanes) is 1. The van der Waals surface area contributed by atoms with Crippen LogP contribution in [0.3, 0.4) is 0 Å². The Labute approximate surface area is 109 Å². The first kappa shape index (κ1) is 16.4. The molecule has 0 aromatic heterocycles. The minimum atomic E-state index is -1.21. The van der Waals surface area contributed by atoms with E-state index >= 15 is 0 Å². The minimum absolute atomic E-state index is 0.408. The Balaban J connectivity index is 4.39. The van der Waals surface area contributed by atoms with Gasteiger partial charge in [0.2, 0.25) is 0 Å². The van der Waals surface area contributed by atoms with E-state index in [1.165, 1.54) is 14.2 Å². The molecule has 0 atom stereocenters. The van der Waals surface area contributed by atoms with Crippen molar-refractivity contribution in [2.75, 3.05) is 14.2 Å². The van der Waals surface area contributed by atoms with Crippen molar-refractivity contribution in [3.05, 3.63) is 24.8 Å². The molecule has 0 heterocycles. The average molecular weight is 254 g/mol. The summed E-state index contributed by atoms with van der Waals surface area (Å²) in [6.07, 6.45) is 8.57. The molecule has 0 radical (unpaired) electrons. The van der Waals surface area contributed by atoms with Crippen molar-refractivity contribution in [2.24, 2.45) is 5.41 Å². The molecule has 0 rings (SSSR count). The summed E-state index contributed by atoms with van der Waals surface area (Å²) in [7, 11) is 2.54. The van der Waals surface area contributed by atoms with Gasteiger partial charge in [0.05, 0.1) is 14.2 Å². The maximum absolute atomic E-state index is 11.6. The van der Waals surface area contributed by atoms with Crippen molar-refractivity contribution < 1.29 is 19.1 Å². The Morgan fingerprint density at radius 1 is 1.17 bits per heavy atom. The van der Waals surface area contributed by atoms with Crippen LogP contribution >= 0.6 is 0 Å². The van der Waals surface area contributed by atoms with Gasteiger partial charge in [-0.1, -0.05) is 18.2 Å². The number of hydrogen-bond acceptors (Lipinski definition) is 4. The van der Waals surface area contributed by atoms with Crippen molar-refractivity contribution in [1.82, 2.24) is 0 Å². The van der Waals surface area contributed by atoms with Crippen molar-refractivity contribution in [2.45, 2.75) is 32.6 Å². The predicted molar refractivity (Wildman–Crippen MR) is 69.9 cm³/mol. The highest BCUT2D eigenvalue weighted by molar-refractivity contribution is 5.99. The van der Waals surface area contributed by atoms with Crippen molar-refractivity contribution in [3.8, 4) is 0 Å².